The molecule has 0 spiro atoms. The Morgan fingerprint density at radius 1 is 1.41 bits per heavy atom. The summed E-state index contributed by atoms with van der Waals surface area (Å²) in [6.45, 7) is -0.259. The van der Waals surface area contributed by atoms with Crippen LogP contribution in [-0.4, -0.2) is 11.3 Å². The Morgan fingerprint density at radius 3 is 2.41 bits per heavy atom. The summed E-state index contributed by atoms with van der Waals surface area (Å²) in [7, 11) is 0. The maximum absolute atomic E-state index is 12.5. The van der Waals surface area contributed by atoms with Crippen LogP contribution in [0.2, 0.25) is 0 Å². The van der Waals surface area contributed by atoms with Gasteiger partial charge in [-0.2, -0.15) is 0 Å². The number of aromatic nitrogens is 1. The van der Waals surface area contributed by atoms with Crippen molar-refractivity contribution in [1.82, 2.24) is 4.98 Å². The van der Waals surface area contributed by atoms with Crippen LogP contribution in [-0.2, 0) is 6.54 Å². The summed E-state index contributed by atoms with van der Waals surface area (Å²) in [4.78, 5) is 3.41. The molecule has 17 heavy (non-hydrogen) atoms. The van der Waals surface area contributed by atoms with Crippen molar-refractivity contribution in [2.75, 3.05) is 0 Å². The van der Waals surface area contributed by atoms with Crippen molar-refractivity contribution in [1.29, 1.82) is 0 Å². The van der Waals surface area contributed by atoms with Crippen LogP contribution in [0.4, 0.5) is 22.0 Å². The van der Waals surface area contributed by atoms with Gasteiger partial charge in [-0.05, 0) is 28.7 Å². The molecule has 0 aliphatic rings. The topological polar surface area (TPSA) is 48.1 Å². The van der Waals surface area contributed by atoms with Crippen molar-refractivity contribution in [3.8, 4) is 5.88 Å². The molecule has 0 amide bonds. The van der Waals surface area contributed by atoms with Crippen LogP contribution in [0, 0.1) is 3.57 Å². The predicted molar refractivity (Wildman–Crippen MR) is 56.5 cm³/mol. The first-order chi connectivity index (χ1) is 7.74. The molecule has 9 heteroatoms. The smallest absolute Gasteiger partial charge is 0.387 e. The maximum Gasteiger partial charge on any atom is 0.574 e. The summed E-state index contributed by atoms with van der Waals surface area (Å²) in [5.74, 6) is -0.906. The molecule has 0 aromatic carbocycles. The summed E-state index contributed by atoms with van der Waals surface area (Å²) in [6, 6.07) is 0.954. The van der Waals surface area contributed by atoms with E-state index in [1.54, 1.807) is 0 Å². The molecule has 0 saturated heterocycles. The number of halogens is 6. The van der Waals surface area contributed by atoms with Crippen molar-refractivity contribution in [3.63, 3.8) is 0 Å². The van der Waals surface area contributed by atoms with E-state index in [-0.39, 0.29) is 15.8 Å². The van der Waals surface area contributed by atoms with Gasteiger partial charge in [0.15, 0.2) is 0 Å². The van der Waals surface area contributed by atoms with Gasteiger partial charge < -0.3 is 10.5 Å². The molecule has 2 N–H and O–H groups in total. The van der Waals surface area contributed by atoms with E-state index < -0.39 is 24.2 Å². The molecule has 3 nitrogen and oxygen atoms in total. The normalized spacial score (nSPS) is 12.0. The van der Waals surface area contributed by atoms with Crippen LogP contribution in [0.25, 0.3) is 0 Å². The zero-order chi connectivity index (χ0) is 13.2. The lowest BCUT2D eigenvalue weighted by atomic mass is 10.2. The van der Waals surface area contributed by atoms with Gasteiger partial charge in [-0.25, -0.2) is 13.8 Å². The first kappa shape index (κ1) is 14.4. The van der Waals surface area contributed by atoms with Gasteiger partial charge >= 0.3 is 6.36 Å². The molecule has 1 heterocycles. The lowest BCUT2D eigenvalue weighted by molar-refractivity contribution is -0.276. The van der Waals surface area contributed by atoms with Crippen LogP contribution >= 0.6 is 22.6 Å². The van der Waals surface area contributed by atoms with Crippen LogP contribution in [0.15, 0.2) is 6.07 Å². The Bertz CT molecular complexity index is 410. The fraction of sp³-hybridized carbons (Fsp3) is 0.375. The summed E-state index contributed by atoms with van der Waals surface area (Å²) in [6.07, 6.45) is -7.91. The highest BCUT2D eigenvalue weighted by Gasteiger charge is 2.34. The minimum absolute atomic E-state index is 0.0973. The standard InChI is InChI=1S/C8H6F5IN2O/c9-6(10)4-1-3(2-15)16-7(5(4)14)17-8(11,12)13/h1,6H,2,15H2. The van der Waals surface area contributed by atoms with Crippen molar-refractivity contribution >= 4 is 22.6 Å². The quantitative estimate of drug-likeness (QED) is 0.659. The van der Waals surface area contributed by atoms with Crippen molar-refractivity contribution in [2.45, 2.75) is 19.3 Å². The molecule has 0 aliphatic heterocycles. The number of nitrogens with zero attached hydrogens (tertiary/aromatic N) is 1. The first-order valence-electron chi connectivity index (χ1n) is 4.18. The third-order valence-electron chi connectivity index (χ3n) is 1.67. The predicted octanol–water partition coefficient (Wildman–Crippen LogP) is 2.98. The molecule has 0 atom stereocenters. The Morgan fingerprint density at radius 2 is 2.00 bits per heavy atom. The molecule has 1 aromatic heterocycles. The molecular weight excluding hydrogens is 362 g/mol. The van der Waals surface area contributed by atoms with Crippen molar-refractivity contribution in [2.24, 2.45) is 5.73 Å². The van der Waals surface area contributed by atoms with E-state index in [9.17, 15) is 22.0 Å². The van der Waals surface area contributed by atoms with Gasteiger partial charge in [0.2, 0.25) is 5.88 Å². The molecule has 0 unspecified atom stereocenters. The highest BCUT2D eigenvalue weighted by Crippen LogP contribution is 2.33. The van der Waals surface area contributed by atoms with E-state index in [4.69, 9.17) is 5.73 Å². The first-order valence-corrected chi connectivity index (χ1v) is 5.25. The summed E-state index contributed by atoms with van der Waals surface area (Å²) in [5.41, 5.74) is 4.47. The summed E-state index contributed by atoms with van der Waals surface area (Å²) >= 11 is 1.32. The third-order valence-corrected chi connectivity index (χ3v) is 2.75. The second-order valence-corrected chi connectivity index (χ2v) is 3.95. The average Bonchev–Trinajstić information content (AvgIpc) is 2.18. The van der Waals surface area contributed by atoms with Crippen LogP contribution in [0.5, 0.6) is 5.88 Å². The Labute approximate surface area is 106 Å². The highest BCUT2D eigenvalue weighted by atomic mass is 127. The average molecular weight is 368 g/mol. The minimum Gasteiger partial charge on any atom is -0.387 e. The van der Waals surface area contributed by atoms with E-state index >= 15 is 0 Å². The van der Waals surface area contributed by atoms with Gasteiger partial charge in [0.25, 0.3) is 6.43 Å². The molecule has 0 aliphatic carbocycles. The number of rotatable bonds is 3. The highest BCUT2D eigenvalue weighted by molar-refractivity contribution is 14.1. The van der Waals surface area contributed by atoms with Crippen LogP contribution < -0.4 is 10.5 Å². The Kier molecular flexibility index (Phi) is 4.47. The molecule has 1 rings (SSSR count). The van der Waals surface area contributed by atoms with Gasteiger partial charge in [0, 0.05) is 12.1 Å². The third kappa shape index (κ3) is 3.91. The maximum atomic E-state index is 12.5. The van der Waals surface area contributed by atoms with E-state index in [0.717, 1.165) is 6.07 Å². The SMILES string of the molecule is NCc1cc(C(F)F)c(I)c(OC(F)(F)F)n1. The zero-order valence-corrected chi connectivity index (χ0v) is 10.2. The van der Waals surface area contributed by atoms with Gasteiger partial charge in [0.05, 0.1) is 9.26 Å². The van der Waals surface area contributed by atoms with Crippen LogP contribution in [0.3, 0.4) is 0 Å². The number of hydrogen-bond donors (Lipinski definition) is 1. The summed E-state index contributed by atoms with van der Waals surface area (Å²) < 4.78 is 64.3. The van der Waals surface area contributed by atoms with E-state index in [0.29, 0.717) is 0 Å². The lowest BCUT2D eigenvalue weighted by Gasteiger charge is -2.13. The van der Waals surface area contributed by atoms with Gasteiger partial charge in [-0.3, -0.25) is 0 Å². The van der Waals surface area contributed by atoms with Gasteiger partial charge in [-0.1, -0.05) is 0 Å². The largest absolute Gasteiger partial charge is 0.574 e. The minimum atomic E-state index is -4.99. The monoisotopic (exact) mass is 368 g/mol. The number of nitrogens with two attached hydrogens (primary N) is 1. The van der Waals surface area contributed by atoms with Crippen molar-refractivity contribution in [3.05, 3.63) is 20.9 Å². The molecule has 0 fully saturated rings. The van der Waals surface area contributed by atoms with Gasteiger partial charge in [-0.15, -0.1) is 13.2 Å². The molecular formula is C8H6F5IN2O. The molecule has 0 radical (unpaired) electrons. The summed E-state index contributed by atoms with van der Waals surface area (Å²) in [5, 5.41) is 0. The molecule has 96 valence electrons. The lowest BCUT2D eigenvalue weighted by Crippen LogP contribution is -2.20. The second kappa shape index (κ2) is 5.29. The Hall–Kier alpha value is -0.710. The number of ether oxygens (including phenoxy) is 1. The van der Waals surface area contributed by atoms with Crippen molar-refractivity contribution < 1.29 is 26.7 Å². The number of pyridine rings is 1. The number of hydrogen-bond acceptors (Lipinski definition) is 3. The molecule has 1 aromatic rings. The van der Waals surface area contributed by atoms with E-state index in [2.05, 4.69) is 9.72 Å². The fourth-order valence-corrected chi connectivity index (χ4v) is 1.64. The fourth-order valence-electron chi connectivity index (χ4n) is 1.02. The van der Waals surface area contributed by atoms with E-state index in [1.165, 1.54) is 22.6 Å². The van der Waals surface area contributed by atoms with Gasteiger partial charge in [0.1, 0.15) is 0 Å². The zero-order valence-electron chi connectivity index (χ0n) is 8.06. The van der Waals surface area contributed by atoms with E-state index in [1.807, 2.05) is 0 Å². The Balaban J connectivity index is 3.24. The number of alkyl halides is 5. The second-order valence-electron chi connectivity index (χ2n) is 2.87. The molecule has 0 bridgehead atoms. The molecule has 0 saturated carbocycles. The van der Waals surface area contributed by atoms with Crippen LogP contribution in [0.1, 0.15) is 17.7 Å².